The van der Waals surface area contributed by atoms with Crippen LogP contribution in [0.1, 0.15) is 18.1 Å². The van der Waals surface area contributed by atoms with E-state index in [-0.39, 0.29) is 5.97 Å². The third kappa shape index (κ3) is 3.69. The first-order valence-electron chi connectivity index (χ1n) is 5.10. The van der Waals surface area contributed by atoms with E-state index in [1.165, 1.54) is 0 Å². The van der Waals surface area contributed by atoms with Gasteiger partial charge < -0.3 is 4.74 Å². The van der Waals surface area contributed by atoms with Gasteiger partial charge in [-0.3, -0.25) is 4.79 Å². The number of halogens is 2. The van der Waals surface area contributed by atoms with Crippen molar-refractivity contribution >= 4 is 29.2 Å². The van der Waals surface area contributed by atoms with E-state index in [0.29, 0.717) is 18.1 Å². The van der Waals surface area contributed by atoms with Crippen molar-refractivity contribution in [2.24, 2.45) is 0 Å². The average molecular weight is 261 g/mol. The van der Waals surface area contributed by atoms with Crippen LogP contribution in [0.15, 0.2) is 18.2 Å². The van der Waals surface area contributed by atoms with Gasteiger partial charge in [-0.2, -0.15) is 0 Å². The van der Waals surface area contributed by atoms with E-state index in [2.05, 4.69) is 0 Å². The van der Waals surface area contributed by atoms with Crippen molar-refractivity contribution in [2.45, 2.75) is 25.6 Å². The number of carbonyl (C=O) groups is 1. The van der Waals surface area contributed by atoms with Gasteiger partial charge in [0.25, 0.3) is 0 Å². The van der Waals surface area contributed by atoms with E-state index in [9.17, 15) is 4.79 Å². The Morgan fingerprint density at radius 1 is 1.50 bits per heavy atom. The van der Waals surface area contributed by atoms with Crippen LogP contribution in [0.2, 0.25) is 5.02 Å². The number of hydrogen-bond donors (Lipinski definition) is 0. The first-order valence-corrected chi connectivity index (χ1v) is 5.91. The molecule has 0 bridgehead atoms. The third-order valence-corrected chi connectivity index (χ3v) is 2.81. The van der Waals surface area contributed by atoms with Gasteiger partial charge in [-0.25, -0.2) is 0 Å². The van der Waals surface area contributed by atoms with Crippen LogP contribution in [0.4, 0.5) is 0 Å². The van der Waals surface area contributed by atoms with Crippen LogP contribution in [-0.2, 0) is 16.0 Å². The molecule has 0 aliphatic carbocycles. The smallest absolute Gasteiger partial charge is 0.324 e. The lowest BCUT2D eigenvalue weighted by molar-refractivity contribution is -0.142. The molecule has 0 aliphatic heterocycles. The Kier molecular flexibility index (Phi) is 5.10. The Balaban J connectivity index is 2.69. The molecule has 16 heavy (non-hydrogen) atoms. The second kappa shape index (κ2) is 6.12. The molecule has 1 aromatic carbocycles. The maximum absolute atomic E-state index is 11.3. The molecule has 0 radical (unpaired) electrons. The predicted molar refractivity (Wildman–Crippen MR) is 66.2 cm³/mol. The number of rotatable bonds is 4. The van der Waals surface area contributed by atoms with E-state index in [0.717, 1.165) is 11.1 Å². The zero-order valence-corrected chi connectivity index (χ0v) is 10.8. The SMILES string of the molecule is CCOC(=O)C(Cl)Cc1ccc(Cl)cc1C. The lowest BCUT2D eigenvalue weighted by Gasteiger charge is -2.10. The second-order valence-corrected chi connectivity index (χ2v) is 4.46. The second-order valence-electron chi connectivity index (χ2n) is 3.49. The van der Waals surface area contributed by atoms with Crippen molar-refractivity contribution < 1.29 is 9.53 Å². The average Bonchev–Trinajstić information content (AvgIpc) is 2.22. The summed E-state index contributed by atoms with van der Waals surface area (Å²) >= 11 is 11.8. The summed E-state index contributed by atoms with van der Waals surface area (Å²) < 4.78 is 4.84. The Bertz CT molecular complexity index is 377. The van der Waals surface area contributed by atoms with Crippen molar-refractivity contribution in [3.05, 3.63) is 34.3 Å². The molecule has 2 nitrogen and oxygen atoms in total. The number of esters is 1. The van der Waals surface area contributed by atoms with Crippen LogP contribution in [-0.4, -0.2) is 18.0 Å². The highest BCUT2D eigenvalue weighted by Crippen LogP contribution is 2.18. The van der Waals surface area contributed by atoms with Gasteiger partial charge in [0.1, 0.15) is 5.38 Å². The topological polar surface area (TPSA) is 26.3 Å². The van der Waals surface area contributed by atoms with E-state index in [4.69, 9.17) is 27.9 Å². The van der Waals surface area contributed by atoms with E-state index in [1.807, 2.05) is 19.1 Å². The molecule has 1 atom stereocenters. The predicted octanol–water partition coefficient (Wildman–Crippen LogP) is 3.36. The van der Waals surface area contributed by atoms with Crippen LogP contribution in [0.3, 0.4) is 0 Å². The summed E-state index contributed by atoms with van der Waals surface area (Å²) in [6.45, 7) is 4.05. The molecule has 0 aliphatic rings. The normalized spacial score (nSPS) is 12.2. The first kappa shape index (κ1) is 13.3. The highest BCUT2D eigenvalue weighted by molar-refractivity contribution is 6.31. The molecule has 4 heteroatoms. The Morgan fingerprint density at radius 2 is 2.19 bits per heavy atom. The first-order chi connectivity index (χ1) is 7.54. The summed E-state index contributed by atoms with van der Waals surface area (Å²) in [7, 11) is 0. The summed E-state index contributed by atoms with van der Waals surface area (Å²) in [4.78, 5) is 11.3. The van der Waals surface area contributed by atoms with Crippen LogP contribution in [0.25, 0.3) is 0 Å². The number of alkyl halides is 1. The summed E-state index contributed by atoms with van der Waals surface area (Å²) in [6.07, 6.45) is 0.462. The van der Waals surface area contributed by atoms with Crippen molar-refractivity contribution in [2.75, 3.05) is 6.61 Å². The Morgan fingerprint density at radius 3 is 2.75 bits per heavy atom. The number of aryl methyl sites for hydroxylation is 1. The van der Waals surface area contributed by atoms with Gasteiger partial charge in [-0.1, -0.05) is 17.7 Å². The summed E-state index contributed by atoms with van der Waals surface area (Å²) in [5.41, 5.74) is 2.04. The minimum absolute atomic E-state index is 0.349. The van der Waals surface area contributed by atoms with Gasteiger partial charge in [0.2, 0.25) is 0 Å². The number of ether oxygens (including phenoxy) is 1. The van der Waals surface area contributed by atoms with Gasteiger partial charge in [-0.05, 0) is 43.5 Å². The van der Waals surface area contributed by atoms with Crippen molar-refractivity contribution in [1.29, 1.82) is 0 Å². The van der Waals surface area contributed by atoms with E-state index in [1.54, 1.807) is 13.0 Å². The molecule has 0 N–H and O–H groups in total. The fourth-order valence-corrected chi connectivity index (χ4v) is 1.85. The van der Waals surface area contributed by atoms with E-state index >= 15 is 0 Å². The van der Waals surface area contributed by atoms with Gasteiger partial charge in [-0.15, -0.1) is 11.6 Å². The zero-order chi connectivity index (χ0) is 12.1. The standard InChI is InChI=1S/C12H14Cl2O2/c1-3-16-12(15)11(14)7-9-4-5-10(13)6-8(9)2/h4-6,11H,3,7H2,1-2H3. The maximum atomic E-state index is 11.3. The monoisotopic (exact) mass is 260 g/mol. The maximum Gasteiger partial charge on any atom is 0.324 e. The third-order valence-electron chi connectivity index (χ3n) is 2.25. The largest absolute Gasteiger partial charge is 0.465 e. The highest BCUT2D eigenvalue weighted by Gasteiger charge is 2.17. The van der Waals surface area contributed by atoms with Crippen molar-refractivity contribution in [3.8, 4) is 0 Å². The highest BCUT2D eigenvalue weighted by atomic mass is 35.5. The molecule has 1 aromatic rings. The molecule has 0 heterocycles. The molecule has 88 valence electrons. The molecule has 0 fully saturated rings. The minimum atomic E-state index is -0.639. The molecular formula is C12H14Cl2O2. The summed E-state index contributed by atoms with van der Waals surface area (Å²) in [5, 5.41) is 0.0448. The minimum Gasteiger partial charge on any atom is -0.465 e. The van der Waals surface area contributed by atoms with Gasteiger partial charge in [0, 0.05) is 5.02 Å². The molecule has 0 amide bonds. The number of hydrogen-bond acceptors (Lipinski definition) is 2. The summed E-state index contributed by atoms with van der Waals surface area (Å²) in [5.74, 6) is -0.376. The molecule has 0 saturated carbocycles. The van der Waals surface area contributed by atoms with Gasteiger partial charge >= 0.3 is 5.97 Å². The Labute approximate surface area is 106 Å². The van der Waals surface area contributed by atoms with Crippen LogP contribution in [0.5, 0.6) is 0 Å². The summed E-state index contributed by atoms with van der Waals surface area (Å²) in [6, 6.07) is 5.52. The molecule has 1 unspecified atom stereocenters. The molecule has 0 spiro atoms. The molecular weight excluding hydrogens is 247 g/mol. The van der Waals surface area contributed by atoms with Gasteiger partial charge in [0.05, 0.1) is 6.61 Å². The lowest BCUT2D eigenvalue weighted by Crippen LogP contribution is -2.20. The van der Waals surface area contributed by atoms with Crippen molar-refractivity contribution in [1.82, 2.24) is 0 Å². The zero-order valence-electron chi connectivity index (χ0n) is 9.30. The van der Waals surface area contributed by atoms with Crippen LogP contribution < -0.4 is 0 Å². The number of carbonyl (C=O) groups excluding carboxylic acids is 1. The Hall–Kier alpha value is -0.730. The molecule has 1 rings (SSSR count). The quantitative estimate of drug-likeness (QED) is 0.613. The van der Waals surface area contributed by atoms with Crippen LogP contribution in [0, 0.1) is 6.92 Å². The van der Waals surface area contributed by atoms with Crippen LogP contribution >= 0.6 is 23.2 Å². The molecule has 0 saturated heterocycles. The number of benzene rings is 1. The van der Waals surface area contributed by atoms with Gasteiger partial charge in [0.15, 0.2) is 0 Å². The molecule has 0 aromatic heterocycles. The lowest BCUT2D eigenvalue weighted by atomic mass is 10.0. The van der Waals surface area contributed by atoms with E-state index < -0.39 is 5.38 Å². The fourth-order valence-electron chi connectivity index (χ4n) is 1.40. The fraction of sp³-hybridized carbons (Fsp3) is 0.417. The van der Waals surface area contributed by atoms with Crippen molar-refractivity contribution in [3.63, 3.8) is 0 Å².